The highest BCUT2D eigenvalue weighted by Gasteiger charge is 2.11. The van der Waals surface area contributed by atoms with Crippen LogP contribution in [0.3, 0.4) is 0 Å². The molecule has 0 saturated heterocycles. The molecule has 0 aliphatic carbocycles. The lowest BCUT2D eigenvalue weighted by Crippen LogP contribution is -2.01. The van der Waals surface area contributed by atoms with E-state index in [1.807, 2.05) is 78.9 Å². The second-order valence-electron chi connectivity index (χ2n) is 7.84. The van der Waals surface area contributed by atoms with Gasteiger partial charge in [-0.15, -0.1) is 0 Å². The predicted molar refractivity (Wildman–Crippen MR) is 136 cm³/mol. The summed E-state index contributed by atoms with van der Waals surface area (Å²) in [5.41, 5.74) is 3.05. The molecule has 0 aliphatic rings. The van der Waals surface area contributed by atoms with Gasteiger partial charge in [-0.1, -0.05) is 72.8 Å². The van der Waals surface area contributed by atoms with Crippen LogP contribution in [0.25, 0.3) is 6.08 Å². The summed E-state index contributed by atoms with van der Waals surface area (Å²) in [6, 6.07) is 29.9. The molecule has 0 heterocycles. The van der Waals surface area contributed by atoms with Crippen LogP contribution in [0.4, 0.5) is 0 Å². The van der Waals surface area contributed by atoms with Crippen molar-refractivity contribution in [3.63, 3.8) is 0 Å². The summed E-state index contributed by atoms with van der Waals surface area (Å²) in [7, 11) is 1.50. The highest BCUT2D eigenvalue weighted by Crippen LogP contribution is 2.31. The number of benzene rings is 4. The average molecular weight is 467 g/mol. The topological polar surface area (TPSA) is 65.0 Å². The molecule has 0 fully saturated rings. The minimum atomic E-state index is -0.318. The van der Waals surface area contributed by atoms with Crippen LogP contribution in [-0.2, 0) is 13.2 Å². The molecule has 4 aromatic rings. The van der Waals surface area contributed by atoms with Crippen molar-refractivity contribution < 1.29 is 24.1 Å². The highest BCUT2D eigenvalue weighted by atomic mass is 16.5. The molecular weight excluding hydrogens is 440 g/mol. The van der Waals surface area contributed by atoms with Crippen LogP contribution in [-0.4, -0.2) is 18.0 Å². The zero-order chi connectivity index (χ0) is 24.5. The van der Waals surface area contributed by atoms with Crippen molar-refractivity contribution in [2.75, 3.05) is 7.11 Å². The minimum absolute atomic E-state index is 0.129. The van der Waals surface area contributed by atoms with E-state index in [1.165, 1.54) is 25.3 Å². The molecule has 4 rings (SSSR count). The van der Waals surface area contributed by atoms with Crippen LogP contribution in [0.5, 0.6) is 23.0 Å². The number of carbonyl (C=O) groups excluding carboxylic acids is 1. The second kappa shape index (κ2) is 11.6. The molecular formula is C30H26O5. The van der Waals surface area contributed by atoms with Gasteiger partial charge < -0.3 is 19.3 Å². The molecule has 0 radical (unpaired) electrons. The number of methoxy groups -OCH3 is 1. The number of phenolic OH excluding ortho intramolecular Hbond substituents is 1. The Hall–Kier alpha value is -4.51. The number of phenols is 1. The number of ether oxygens (including phenoxy) is 3. The number of carbonyl (C=O) groups is 1. The fourth-order valence-electron chi connectivity index (χ4n) is 3.44. The third-order valence-electron chi connectivity index (χ3n) is 5.34. The van der Waals surface area contributed by atoms with Crippen molar-refractivity contribution in [2.24, 2.45) is 0 Å². The first kappa shape index (κ1) is 23.6. The molecule has 0 amide bonds. The highest BCUT2D eigenvalue weighted by molar-refractivity contribution is 6.08. The van der Waals surface area contributed by atoms with Crippen molar-refractivity contribution in [3.8, 4) is 23.0 Å². The molecule has 176 valence electrons. The van der Waals surface area contributed by atoms with E-state index >= 15 is 0 Å². The number of hydrogen-bond donors (Lipinski definition) is 1. The van der Waals surface area contributed by atoms with E-state index in [0.29, 0.717) is 30.5 Å². The third-order valence-corrected chi connectivity index (χ3v) is 5.34. The second-order valence-corrected chi connectivity index (χ2v) is 7.84. The van der Waals surface area contributed by atoms with Gasteiger partial charge in [0.2, 0.25) is 0 Å². The molecule has 0 aliphatic heterocycles. The van der Waals surface area contributed by atoms with Crippen molar-refractivity contribution in [1.82, 2.24) is 0 Å². The summed E-state index contributed by atoms with van der Waals surface area (Å²) in [4.78, 5) is 12.6. The van der Waals surface area contributed by atoms with Gasteiger partial charge in [-0.3, -0.25) is 4.79 Å². The fourth-order valence-corrected chi connectivity index (χ4v) is 3.44. The molecule has 4 aromatic carbocycles. The molecule has 0 saturated carbocycles. The van der Waals surface area contributed by atoms with Gasteiger partial charge in [-0.25, -0.2) is 0 Å². The Balaban J connectivity index is 1.53. The normalized spacial score (nSPS) is 10.8. The van der Waals surface area contributed by atoms with Crippen LogP contribution >= 0.6 is 0 Å². The van der Waals surface area contributed by atoms with Crippen LogP contribution in [0.2, 0.25) is 0 Å². The lowest BCUT2D eigenvalue weighted by Gasteiger charge is -2.14. The van der Waals surface area contributed by atoms with Crippen LogP contribution < -0.4 is 14.2 Å². The Morgan fingerprint density at radius 1 is 0.771 bits per heavy atom. The van der Waals surface area contributed by atoms with E-state index in [-0.39, 0.29) is 17.1 Å². The predicted octanol–water partition coefficient (Wildman–Crippen LogP) is 6.45. The van der Waals surface area contributed by atoms with Gasteiger partial charge in [0, 0.05) is 6.07 Å². The van der Waals surface area contributed by atoms with Crippen molar-refractivity contribution >= 4 is 11.9 Å². The van der Waals surface area contributed by atoms with Gasteiger partial charge in [-0.2, -0.15) is 0 Å². The minimum Gasteiger partial charge on any atom is -0.507 e. The van der Waals surface area contributed by atoms with Crippen LogP contribution in [0.1, 0.15) is 27.0 Å². The Kier molecular flexibility index (Phi) is 7.81. The summed E-state index contributed by atoms with van der Waals surface area (Å²) < 4.78 is 17.2. The van der Waals surface area contributed by atoms with E-state index in [2.05, 4.69) is 0 Å². The number of allylic oxidation sites excluding steroid dienone is 1. The molecule has 5 heteroatoms. The van der Waals surface area contributed by atoms with Gasteiger partial charge in [-0.05, 0) is 47.0 Å². The molecule has 0 unspecified atom stereocenters. The Morgan fingerprint density at radius 2 is 1.40 bits per heavy atom. The molecule has 0 spiro atoms. The molecule has 5 nitrogen and oxygen atoms in total. The van der Waals surface area contributed by atoms with Gasteiger partial charge in [0.25, 0.3) is 0 Å². The standard InChI is InChI=1S/C30H26O5/c1-33-25-14-15-26(28(32)19-25)27(31)16-12-22-13-17-29(34-20-23-8-4-2-5-9-23)30(18-22)35-21-24-10-6-3-7-11-24/h2-19,32H,20-21H2,1H3/b16-12+. The maximum Gasteiger partial charge on any atom is 0.189 e. The molecule has 0 bridgehead atoms. The maximum atomic E-state index is 12.6. The van der Waals surface area contributed by atoms with E-state index in [9.17, 15) is 9.90 Å². The monoisotopic (exact) mass is 466 g/mol. The Bertz CT molecular complexity index is 1300. The van der Waals surface area contributed by atoms with Crippen molar-refractivity contribution in [2.45, 2.75) is 13.2 Å². The third kappa shape index (κ3) is 6.51. The quantitative estimate of drug-likeness (QED) is 0.215. The lowest BCUT2D eigenvalue weighted by molar-refractivity contribution is 0.104. The number of ketones is 1. The molecule has 0 aromatic heterocycles. The summed E-state index contributed by atoms with van der Waals surface area (Å²) >= 11 is 0. The summed E-state index contributed by atoms with van der Waals surface area (Å²) in [6.07, 6.45) is 3.10. The Labute approximate surface area is 204 Å². The molecule has 35 heavy (non-hydrogen) atoms. The number of aromatic hydroxyl groups is 1. The van der Waals surface area contributed by atoms with Gasteiger partial charge in [0.1, 0.15) is 24.7 Å². The number of rotatable bonds is 10. The number of hydrogen-bond acceptors (Lipinski definition) is 5. The van der Waals surface area contributed by atoms with E-state index in [4.69, 9.17) is 14.2 Å². The molecule has 1 N–H and O–H groups in total. The van der Waals surface area contributed by atoms with Gasteiger partial charge in [0.15, 0.2) is 17.3 Å². The first-order valence-corrected chi connectivity index (χ1v) is 11.2. The first-order chi connectivity index (χ1) is 17.1. The summed E-state index contributed by atoms with van der Waals surface area (Å²) in [5.74, 6) is 1.22. The maximum absolute atomic E-state index is 12.6. The van der Waals surface area contributed by atoms with E-state index in [1.54, 1.807) is 12.1 Å². The van der Waals surface area contributed by atoms with Crippen molar-refractivity contribution in [3.05, 3.63) is 125 Å². The fraction of sp³-hybridized carbons (Fsp3) is 0.100. The molecule has 0 atom stereocenters. The summed E-state index contributed by atoms with van der Waals surface area (Å²) in [6.45, 7) is 0.793. The smallest absolute Gasteiger partial charge is 0.189 e. The van der Waals surface area contributed by atoms with Gasteiger partial charge >= 0.3 is 0 Å². The lowest BCUT2D eigenvalue weighted by atomic mass is 10.1. The first-order valence-electron chi connectivity index (χ1n) is 11.2. The SMILES string of the molecule is COc1ccc(C(=O)/C=C/c2ccc(OCc3ccccc3)c(OCc3ccccc3)c2)c(O)c1. The Morgan fingerprint density at radius 3 is 2.00 bits per heavy atom. The summed E-state index contributed by atoms with van der Waals surface area (Å²) in [5, 5.41) is 10.1. The van der Waals surface area contributed by atoms with E-state index < -0.39 is 0 Å². The van der Waals surface area contributed by atoms with E-state index in [0.717, 1.165) is 16.7 Å². The zero-order valence-electron chi connectivity index (χ0n) is 19.4. The van der Waals surface area contributed by atoms with Crippen LogP contribution in [0.15, 0.2) is 103 Å². The largest absolute Gasteiger partial charge is 0.507 e. The van der Waals surface area contributed by atoms with Crippen molar-refractivity contribution in [1.29, 1.82) is 0 Å². The zero-order valence-corrected chi connectivity index (χ0v) is 19.4. The van der Waals surface area contributed by atoms with Crippen LogP contribution in [0, 0.1) is 0 Å². The average Bonchev–Trinajstić information content (AvgIpc) is 2.91. The van der Waals surface area contributed by atoms with Gasteiger partial charge in [0.05, 0.1) is 12.7 Å².